The van der Waals surface area contributed by atoms with E-state index in [0.29, 0.717) is 17.3 Å². The first kappa shape index (κ1) is 17.9. The molecule has 1 aromatic carbocycles. The number of hydrogen-bond acceptors (Lipinski definition) is 6. The molecule has 0 fully saturated rings. The number of rotatable bonds is 5. The van der Waals surface area contributed by atoms with Crippen LogP contribution in [0.5, 0.6) is 5.75 Å². The summed E-state index contributed by atoms with van der Waals surface area (Å²) in [5.74, 6) is 0.679. The minimum absolute atomic E-state index is 0.303. The second-order valence-electron chi connectivity index (χ2n) is 6.78. The van der Waals surface area contributed by atoms with Gasteiger partial charge in [-0.1, -0.05) is 0 Å². The van der Waals surface area contributed by atoms with Gasteiger partial charge in [-0.2, -0.15) is 0 Å². The van der Waals surface area contributed by atoms with E-state index in [1.807, 2.05) is 12.3 Å². The molecule has 0 saturated heterocycles. The topological polar surface area (TPSA) is 72.4 Å². The van der Waals surface area contributed by atoms with Crippen LogP contribution in [-0.2, 0) is 22.8 Å². The molecule has 7 heteroatoms. The van der Waals surface area contributed by atoms with Crippen LogP contribution in [0.1, 0.15) is 11.3 Å². The van der Waals surface area contributed by atoms with Crippen molar-refractivity contribution in [2.24, 2.45) is 0 Å². The average Bonchev–Trinajstić information content (AvgIpc) is 2.66. The van der Waals surface area contributed by atoms with Crippen LogP contribution in [0.15, 0.2) is 53.7 Å². The largest absolute Gasteiger partial charge is 0.492 e. The molecule has 6 nitrogen and oxygen atoms in total. The van der Waals surface area contributed by atoms with E-state index in [0.717, 1.165) is 37.0 Å². The molecule has 140 valence electrons. The first-order valence-corrected chi connectivity index (χ1v) is 10.8. The number of hydrogen-bond donors (Lipinski definition) is 0. The molecule has 0 bridgehead atoms. The van der Waals surface area contributed by atoms with Crippen LogP contribution in [0.25, 0.3) is 10.9 Å². The van der Waals surface area contributed by atoms with Gasteiger partial charge < -0.3 is 4.74 Å². The quantitative estimate of drug-likeness (QED) is 0.674. The van der Waals surface area contributed by atoms with Gasteiger partial charge in [-0.3, -0.25) is 14.9 Å². The van der Waals surface area contributed by atoms with Crippen molar-refractivity contribution >= 4 is 20.7 Å². The van der Waals surface area contributed by atoms with Crippen LogP contribution in [0.4, 0.5) is 0 Å². The molecule has 0 spiro atoms. The Morgan fingerprint density at radius 2 is 2.00 bits per heavy atom. The lowest BCUT2D eigenvalue weighted by molar-refractivity contribution is 0.195. The number of pyridine rings is 2. The standard InChI is InChI=1S/C20H21N3O3S/c1-27(24,25)18-4-2-17(3-5-18)26-11-10-23-9-7-20-16(14-23)12-15-13-21-8-6-19(15)22-20/h2-6,8,12-13H,7,9-11,14H2,1H3. The minimum atomic E-state index is -3.18. The van der Waals surface area contributed by atoms with Gasteiger partial charge in [0.05, 0.1) is 10.4 Å². The summed E-state index contributed by atoms with van der Waals surface area (Å²) in [6.45, 7) is 3.16. The van der Waals surface area contributed by atoms with Crippen molar-refractivity contribution in [3.8, 4) is 5.75 Å². The highest BCUT2D eigenvalue weighted by atomic mass is 32.2. The van der Waals surface area contributed by atoms with Crippen molar-refractivity contribution in [1.29, 1.82) is 0 Å². The van der Waals surface area contributed by atoms with Gasteiger partial charge in [0.2, 0.25) is 0 Å². The van der Waals surface area contributed by atoms with Crippen molar-refractivity contribution in [1.82, 2.24) is 14.9 Å². The second kappa shape index (κ2) is 7.25. The van der Waals surface area contributed by atoms with Crippen LogP contribution in [0, 0.1) is 0 Å². The molecule has 0 amide bonds. The third kappa shape index (κ3) is 4.09. The molecule has 0 saturated carbocycles. The Kier molecular flexibility index (Phi) is 4.80. The van der Waals surface area contributed by atoms with E-state index in [4.69, 9.17) is 9.72 Å². The molecular formula is C20H21N3O3S. The number of benzene rings is 1. The average molecular weight is 383 g/mol. The molecule has 3 heterocycles. The molecule has 1 aliphatic heterocycles. The van der Waals surface area contributed by atoms with Gasteiger partial charge in [-0.15, -0.1) is 0 Å². The van der Waals surface area contributed by atoms with Crippen molar-refractivity contribution in [2.45, 2.75) is 17.9 Å². The van der Waals surface area contributed by atoms with Gasteiger partial charge in [0.1, 0.15) is 12.4 Å². The van der Waals surface area contributed by atoms with Crippen LogP contribution in [-0.4, -0.2) is 49.2 Å². The Morgan fingerprint density at radius 1 is 1.19 bits per heavy atom. The molecular weight excluding hydrogens is 362 g/mol. The number of sulfone groups is 1. The third-order valence-corrected chi connectivity index (χ3v) is 5.90. The molecule has 2 aromatic heterocycles. The van der Waals surface area contributed by atoms with E-state index in [1.54, 1.807) is 30.5 Å². The first-order chi connectivity index (χ1) is 13.0. The molecule has 4 rings (SSSR count). The van der Waals surface area contributed by atoms with Gasteiger partial charge in [0, 0.05) is 55.8 Å². The molecule has 0 aliphatic carbocycles. The summed E-state index contributed by atoms with van der Waals surface area (Å²) in [7, 11) is -3.18. The zero-order valence-electron chi connectivity index (χ0n) is 15.1. The predicted octanol–water partition coefficient (Wildman–Crippen LogP) is 2.47. The Labute approximate surface area is 158 Å². The Balaban J connectivity index is 1.35. The van der Waals surface area contributed by atoms with Crippen molar-refractivity contribution < 1.29 is 13.2 Å². The Hall–Kier alpha value is -2.51. The lowest BCUT2D eigenvalue weighted by Gasteiger charge is -2.28. The smallest absolute Gasteiger partial charge is 0.175 e. The normalized spacial score (nSPS) is 14.9. The summed E-state index contributed by atoms with van der Waals surface area (Å²) in [6, 6.07) is 10.7. The zero-order valence-corrected chi connectivity index (χ0v) is 15.9. The van der Waals surface area contributed by atoms with E-state index in [-0.39, 0.29) is 0 Å². The lowest BCUT2D eigenvalue weighted by Crippen LogP contribution is -2.34. The molecule has 3 aromatic rings. The highest BCUT2D eigenvalue weighted by molar-refractivity contribution is 7.90. The van der Waals surface area contributed by atoms with Crippen molar-refractivity contribution in [2.75, 3.05) is 26.0 Å². The SMILES string of the molecule is CS(=O)(=O)c1ccc(OCCN2CCc3nc4ccncc4cc3C2)cc1. The maximum absolute atomic E-state index is 11.5. The fourth-order valence-corrected chi connectivity index (χ4v) is 3.93. The number of aromatic nitrogens is 2. The molecule has 0 atom stereocenters. The minimum Gasteiger partial charge on any atom is -0.492 e. The van der Waals surface area contributed by atoms with Crippen molar-refractivity contribution in [3.63, 3.8) is 0 Å². The summed E-state index contributed by atoms with van der Waals surface area (Å²) < 4.78 is 28.8. The maximum Gasteiger partial charge on any atom is 0.175 e. The summed E-state index contributed by atoms with van der Waals surface area (Å²) in [5.41, 5.74) is 3.42. The maximum atomic E-state index is 11.5. The monoisotopic (exact) mass is 383 g/mol. The summed E-state index contributed by atoms with van der Waals surface area (Å²) >= 11 is 0. The first-order valence-electron chi connectivity index (χ1n) is 8.87. The molecule has 0 N–H and O–H groups in total. The second-order valence-corrected chi connectivity index (χ2v) is 8.80. The summed E-state index contributed by atoms with van der Waals surface area (Å²) in [6.07, 6.45) is 5.75. The molecule has 27 heavy (non-hydrogen) atoms. The van der Waals surface area contributed by atoms with E-state index >= 15 is 0 Å². The Bertz CT molecular complexity index is 1070. The predicted molar refractivity (Wildman–Crippen MR) is 104 cm³/mol. The number of ether oxygens (including phenoxy) is 1. The van der Waals surface area contributed by atoms with Gasteiger partial charge in [-0.25, -0.2) is 8.42 Å². The zero-order chi connectivity index (χ0) is 18.9. The van der Waals surface area contributed by atoms with E-state index in [9.17, 15) is 8.42 Å². The van der Waals surface area contributed by atoms with Crippen molar-refractivity contribution in [3.05, 3.63) is 60.0 Å². The van der Waals surface area contributed by atoms with Crippen LogP contribution in [0.3, 0.4) is 0 Å². The molecule has 0 unspecified atom stereocenters. The van der Waals surface area contributed by atoms with Gasteiger partial charge in [0.15, 0.2) is 9.84 Å². The molecule has 0 radical (unpaired) electrons. The summed E-state index contributed by atoms with van der Waals surface area (Å²) in [4.78, 5) is 11.6. The van der Waals surface area contributed by atoms with Gasteiger partial charge >= 0.3 is 0 Å². The van der Waals surface area contributed by atoms with Crippen LogP contribution >= 0.6 is 0 Å². The van der Waals surface area contributed by atoms with E-state index in [1.165, 1.54) is 17.5 Å². The van der Waals surface area contributed by atoms with Crippen LogP contribution < -0.4 is 4.74 Å². The number of nitrogens with zero attached hydrogens (tertiary/aromatic N) is 3. The van der Waals surface area contributed by atoms with E-state index < -0.39 is 9.84 Å². The fraction of sp³-hybridized carbons (Fsp3) is 0.300. The third-order valence-electron chi connectivity index (χ3n) is 4.77. The van der Waals surface area contributed by atoms with Gasteiger partial charge in [0.25, 0.3) is 0 Å². The van der Waals surface area contributed by atoms with E-state index in [2.05, 4.69) is 16.0 Å². The van der Waals surface area contributed by atoms with Crippen LogP contribution in [0.2, 0.25) is 0 Å². The fourth-order valence-electron chi connectivity index (χ4n) is 3.30. The lowest BCUT2D eigenvalue weighted by atomic mass is 10.0. The highest BCUT2D eigenvalue weighted by Crippen LogP contribution is 2.22. The summed E-state index contributed by atoms with van der Waals surface area (Å²) in [5, 5.41) is 1.07. The van der Waals surface area contributed by atoms with Gasteiger partial charge in [-0.05, 0) is 42.0 Å². The Morgan fingerprint density at radius 3 is 2.78 bits per heavy atom. The molecule has 1 aliphatic rings. The highest BCUT2D eigenvalue weighted by Gasteiger charge is 2.18. The number of fused-ring (bicyclic) bond motifs is 2.